The average molecular weight is 268 g/mol. The maximum absolute atomic E-state index is 12.9. The van der Waals surface area contributed by atoms with E-state index in [1.54, 1.807) is 12.1 Å². The van der Waals surface area contributed by atoms with E-state index in [0.29, 0.717) is 11.3 Å². The van der Waals surface area contributed by atoms with Crippen molar-refractivity contribution in [3.8, 4) is 5.75 Å². The molecule has 0 amide bonds. The van der Waals surface area contributed by atoms with Crippen LogP contribution in [0.15, 0.2) is 41.3 Å². The first-order valence-corrected chi connectivity index (χ1v) is 5.87. The molecule has 0 aliphatic heterocycles. The molecule has 0 atom stereocenters. The number of H-pyrrole nitrogens is 1. The lowest BCUT2D eigenvalue weighted by molar-refractivity contribution is 0.301. The third-order valence-electron chi connectivity index (χ3n) is 2.36. The van der Waals surface area contributed by atoms with Crippen molar-refractivity contribution in [2.24, 2.45) is 0 Å². The van der Waals surface area contributed by atoms with Crippen LogP contribution in [0.2, 0.25) is 0 Å². The van der Waals surface area contributed by atoms with Crippen molar-refractivity contribution in [2.75, 3.05) is 0 Å². The van der Waals surface area contributed by atoms with Crippen molar-refractivity contribution >= 4 is 11.6 Å². The van der Waals surface area contributed by atoms with Crippen LogP contribution in [-0.2, 0) is 12.5 Å². The molecule has 5 heteroatoms. The fourth-order valence-electron chi connectivity index (χ4n) is 1.48. The number of rotatable bonds is 4. The molecule has 94 valence electrons. The summed E-state index contributed by atoms with van der Waals surface area (Å²) in [6, 6.07) is 7.42. The summed E-state index contributed by atoms with van der Waals surface area (Å²) in [5.41, 5.74) is 1.04. The molecular formula is C13H11ClFNO2. The van der Waals surface area contributed by atoms with E-state index in [2.05, 4.69) is 4.98 Å². The quantitative estimate of drug-likeness (QED) is 0.866. The monoisotopic (exact) mass is 267 g/mol. The van der Waals surface area contributed by atoms with E-state index in [9.17, 15) is 9.18 Å². The van der Waals surface area contributed by atoms with Crippen LogP contribution in [0.5, 0.6) is 5.75 Å². The highest BCUT2D eigenvalue weighted by molar-refractivity contribution is 6.16. The molecule has 1 aromatic heterocycles. The summed E-state index contributed by atoms with van der Waals surface area (Å²) in [6.45, 7) is 0.140. The van der Waals surface area contributed by atoms with Crippen LogP contribution in [0, 0.1) is 5.82 Å². The SMILES string of the molecule is O=c1cc(CCl)[nH]cc1OCc1cccc(F)c1. The van der Waals surface area contributed by atoms with E-state index >= 15 is 0 Å². The standard InChI is InChI=1S/C13H11ClFNO2/c14-6-11-5-12(17)13(7-16-11)18-8-9-2-1-3-10(15)4-9/h1-5,7H,6,8H2,(H,16,17). The van der Waals surface area contributed by atoms with Gasteiger partial charge in [0.1, 0.15) is 12.4 Å². The van der Waals surface area contributed by atoms with Gasteiger partial charge in [-0.3, -0.25) is 4.79 Å². The molecule has 0 saturated carbocycles. The Morgan fingerprint density at radius 2 is 2.17 bits per heavy atom. The zero-order chi connectivity index (χ0) is 13.0. The third-order valence-corrected chi connectivity index (χ3v) is 2.65. The van der Waals surface area contributed by atoms with E-state index in [1.807, 2.05) is 0 Å². The molecule has 2 aromatic rings. The minimum Gasteiger partial charge on any atom is -0.483 e. The number of aromatic nitrogens is 1. The second kappa shape index (κ2) is 5.69. The van der Waals surface area contributed by atoms with Gasteiger partial charge in [0.2, 0.25) is 5.43 Å². The van der Waals surface area contributed by atoms with Gasteiger partial charge in [-0.2, -0.15) is 0 Å². The summed E-state index contributed by atoms with van der Waals surface area (Å²) in [4.78, 5) is 14.5. The van der Waals surface area contributed by atoms with Crippen molar-refractivity contribution in [1.29, 1.82) is 0 Å². The maximum Gasteiger partial charge on any atom is 0.223 e. The van der Waals surface area contributed by atoms with Crippen LogP contribution >= 0.6 is 11.6 Å². The maximum atomic E-state index is 12.9. The summed E-state index contributed by atoms with van der Waals surface area (Å²) >= 11 is 5.59. The molecular weight excluding hydrogens is 257 g/mol. The average Bonchev–Trinajstić information content (AvgIpc) is 2.37. The summed E-state index contributed by atoms with van der Waals surface area (Å²) < 4.78 is 18.3. The predicted molar refractivity (Wildman–Crippen MR) is 67.4 cm³/mol. The zero-order valence-corrected chi connectivity index (χ0v) is 10.2. The Balaban J connectivity index is 2.09. The van der Waals surface area contributed by atoms with Crippen LogP contribution < -0.4 is 10.2 Å². The fourth-order valence-corrected chi connectivity index (χ4v) is 1.63. The summed E-state index contributed by atoms with van der Waals surface area (Å²) in [6.07, 6.45) is 1.46. The largest absolute Gasteiger partial charge is 0.483 e. The zero-order valence-electron chi connectivity index (χ0n) is 9.45. The lowest BCUT2D eigenvalue weighted by Crippen LogP contribution is -2.09. The molecule has 18 heavy (non-hydrogen) atoms. The van der Waals surface area contributed by atoms with Gasteiger partial charge in [-0.25, -0.2) is 4.39 Å². The lowest BCUT2D eigenvalue weighted by Gasteiger charge is -2.06. The van der Waals surface area contributed by atoms with Crippen molar-refractivity contribution in [1.82, 2.24) is 4.98 Å². The number of nitrogens with one attached hydrogen (secondary N) is 1. The van der Waals surface area contributed by atoms with Gasteiger partial charge in [-0.05, 0) is 17.7 Å². The van der Waals surface area contributed by atoms with Gasteiger partial charge < -0.3 is 9.72 Å². The second-order valence-corrected chi connectivity index (χ2v) is 4.01. The Kier molecular flexibility index (Phi) is 3.99. The van der Waals surface area contributed by atoms with Crippen molar-refractivity contribution in [3.05, 3.63) is 63.8 Å². The molecule has 3 nitrogen and oxygen atoms in total. The van der Waals surface area contributed by atoms with E-state index in [4.69, 9.17) is 16.3 Å². The topological polar surface area (TPSA) is 42.1 Å². The van der Waals surface area contributed by atoms with Gasteiger partial charge in [0, 0.05) is 18.0 Å². The highest BCUT2D eigenvalue weighted by atomic mass is 35.5. The first-order chi connectivity index (χ1) is 8.69. The Bertz CT molecular complexity index is 598. The van der Waals surface area contributed by atoms with Gasteiger partial charge in [-0.15, -0.1) is 11.6 Å². The van der Waals surface area contributed by atoms with Crippen molar-refractivity contribution < 1.29 is 9.13 Å². The van der Waals surface area contributed by atoms with Crippen LogP contribution in [0.4, 0.5) is 4.39 Å². The number of aromatic amines is 1. The van der Waals surface area contributed by atoms with Crippen molar-refractivity contribution in [2.45, 2.75) is 12.5 Å². The first-order valence-electron chi connectivity index (χ1n) is 5.34. The third kappa shape index (κ3) is 3.11. The second-order valence-electron chi connectivity index (χ2n) is 3.74. The molecule has 0 bridgehead atoms. The predicted octanol–water partition coefficient (Wildman–Crippen LogP) is 2.83. The smallest absolute Gasteiger partial charge is 0.223 e. The van der Waals surface area contributed by atoms with E-state index in [0.717, 1.165) is 0 Å². The van der Waals surface area contributed by atoms with Crippen LogP contribution in [0.25, 0.3) is 0 Å². The molecule has 0 radical (unpaired) electrons. The molecule has 0 aliphatic rings. The molecule has 1 heterocycles. The van der Waals surface area contributed by atoms with Gasteiger partial charge in [0.05, 0.1) is 5.88 Å². The minimum absolute atomic E-state index is 0.140. The van der Waals surface area contributed by atoms with Crippen LogP contribution in [0.1, 0.15) is 11.3 Å². The number of halogens is 2. The van der Waals surface area contributed by atoms with E-state index in [1.165, 1.54) is 24.4 Å². The van der Waals surface area contributed by atoms with Gasteiger partial charge in [-0.1, -0.05) is 12.1 Å². The van der Waals surface area contributed by atoms with Gasteiger partial charge >= 0.3 is 0 Å². The number of hydrogen-bond donors (Lipinski definition) is 1. The minimum atomic E-state index is -0.331. The van der Waals surface area contributed by atoms with Gasteiger partial charge in [0.25, 0.3) is 0 Å². The van der Waals surface area contributed by atoms with Gasteiger partial charge in [0.15, 0.2) is 5.75 Å². The van der Waals surface area contributed by atoms with Crippen molar-refractivity contribution in [3.63, 3.8) is 0 Å². The Morgan fingerprint density at radius 1 is 1.33 bits per heavy atom. The Hall–Kier alpha value is -1.81. The number of alkyl halides is 1. The number of benzene rings is 1. The van der Waals surface area contributed by atoms with E-state index in [-0.39, 0.29) is 29.5 Å². The summed E-state index contributed by atoms with van der Waals surface area (Å²) in [5, 5.41) is 0. The van der Waals surface area contributed by atoms with Crippen LogP contribution in [-0.4, -0.2) is 4.98 Å². The summed E-state index contributed by atoms with van der Waals surface area (Å²) in [7, 11) is 0. The Morgan fingerprint density at radius 3 is 2.83 bits per heavy atom. The lowest BCUT2D eigenvalue weighted by atomic mass is 10.2. The normalized spacial score (nSPS) is 10.3. The number of ether oxygens (including phenoxy) is 1. The molecule has 0 saturated heterocycles. The molecule has 2 rings (SSSR count). The molecule has 0 spiro atoms. The number of pyridine rings is 1. The van der Waals surface area contributed by atoms with E-state index < -0.39 is 0 Å². The summed E-state index contributed by atoms with van der Waals surface area (Å²) in [5.74, 6) is 0.0926. The fraction of sp³-hybridized carbons (Fsp3) is 0.154. The molecule has 1 aromatic carbocycles. The number of hydrogen-bond acceptors (Lipinski definition) is 2. The van der Waals surface area contributed by atoms with Crippen LogP contribution in [0.3, 0.4) is 0 Å². The first kappa shape index (κ1) is 12.6. The highest BCUT2D eigenvalue weighted by Gasteiger charge is 2.03. The molecule has 0 unspecified atom stereocenters. The Labute approximate surface area is 108 Å². The molecule has 1 N–H and O–H groups in total. The highest BCUT2D eigenvalue weighted by Crippen LogP contribution is 2.09. The molecule has 0 fully saturated rings. The molecule has 0 aliphatic carbocycles.